The van der Waals surface area contributed by atoms with Gasteiger partial charge in [0.1, 0.15) is 0 Å². The SMILES string of the molecule is CCCCC1=CCC([Si](C)(OCC)OCC)CC1. The molecule has 0 saturated carbocycles. The smallest absolute Gasteiger partial charge is 0.338 e. The summed E-state index contributed by atoms with van der Waals surface area (Å²) in [7, 11) is -1.95. The molecule has 1 atom stereocenters. The average molecular weight is 270 g/mol. The summed E-state index contributed by atoms with van der Waals surface area (Å²) in [6, 6.07) is 0. The second kappa shape index (κ2) is 8.13. The topological polar surface area (TPSA) is 18.5 Å². The molecule has 3 heteroatoms. The van der Waals surface area contributed by atoms with E-state index in [1.807, 2.05) is 0 Å². The van der Waals surface area contributed by atoms with Crippen LogP contribution in [0.1, 0.15) is 59.3 Å². The zero-order valence-electron chi connectivity index (χ0n) is 12.6. The van der Waals surface area contributed by atoms with E-state index in [0.717, 1.165) is 13.2 Å². The van der Waals surface area contributed by atoms with Gasteiger partial charge >= 0.3 is 8.56 Å². The summed E-state index contributed by atoms with van der Waals surface area (Å²) in [6.07, 6.45) is 10.1. The van der Waals surface area contributed by atoms with Crippen molar-refractivity contribution in [1.29, 1.82) is 0 Å². The molecule has 1 aliphatic carbocycles. The molecular formula is C15H30O2Si. The monoisotopic (exact) mass is 270 g/mol. The minimum atomic E-state index is -1.95. The lowest BCUT2D eigenvalue weighted by atomic mass is 9.95. The van der Waals surface area contributed by atoms with Gasteiger partial charge in [0, 0.05) is 18.8 Å². The van der Waals surface area contributed by atoms with E-state index in [2.05, 4.69) is 33.4 Å². The van der Waals surface area contributed by atoms with Gasteiger partial charge in [0.25, 0.3) is 0 Å². The zero-order valence-corrected chi connectivity index (χ0v) is 13.6. The molecule has 0 radical (unpaired) electrons. The van der Waals surface area contributed by atoms with E-state index < -0.39 is 8.56 Å². The van der Waals surface area contributed by atoms with Gasteiger partial charge in [-0.25, -0.2) is 0 Å². The normalized spacial score (nSPS) is 20.9. The van der Waals surface area contributed by atoms with Crippen molar-refractivity contribution >= 4 is 8.56 Å². The Balaban J connectivity index is 2.55. The van der Waals surface area contributed by atoms with Crippen molar-refractivity contribution in [2.45, 2.75) is 71.4 Å². The Hall–Kier alpha value is -0.123. The minimum Gasteiger partial charge on any atom is -0.394 e. The van der Waals surface area contributed by atoms with E-state index in [1.165, 1.54) is 38.5 Å². The van der Waals surface area contributed by atoms with Gasteiger partial charge in [-0.2, -0.15) is 0 Å². The Bertz CT molecular complexity index is 257. The van der Waals surface area contributed by atoms with Crippen molar-refractivity contribution in [2.24, 2.45) is 0 Å². The highest BCUT2D eigenvalue weighted by Crippen LogP contribution is 2.38. The minimum absolute atomic E-state index is 0.641. The molecule has 1 unspecified atom stereocenters. The molecule has 0 aromatic heterocycles. The molecule has 2 nitrogen and oxygen atoms in total. The van der Waals surface area contributed by atoms with Gasteiger partial charge in [0.2, 0.25) is 0 Å². The molecule has 0 heterocycles. The Morgan fingerprint density at radius 3 is 2.33 bits per heavy atom. The molecular weight excluding hydrogens is 240 g/mol. The Kier molecular flexibility index (Phi) is 7.20. The van der Waals surface area contributed by atoms with Crippen molar-refractivity contribution in [3.63, 3.8) is 0 Å². The molecule has 0 aromatic carbocycles. The van der Waals surface area contributed by atoms with Crippen molar-refractivity contribution < 1.29 is 8.85 Å². The number of rotatable bonds is 8. The lowest BCUT2D eigenvalue weighted by Crippen LogP contribution is -2.44. The van der Waals surface area contributed by atoms with Crippen molar-refractivity contribution in [2.75, 3.05) is 13.2 Å². The summed E-state index contributed by atoms with van der Waals surface area (Å²) in [5.74, 6) is 0. The average Bonchev–Trinajstić information content (AvgIpc) is 2.37. The Morgan fingerprint density at radius 1 is 1.22 bits per heavy atom. The maximum Gasteiger partial charge on any atom is 0.338 e. The highest BCUT2D eigenvalue weighted by molar-refractivity contribution is 6.67. The third kappa shape index (κ3) is 4.52. The Labute approximate surface area is 114 Å². The van der Waals surface area contributed by atoms with Crippen LogP contribution in [0.3, 0.4) is 0 Å². The predicted molar refractivity (Wildman–Crippen MR) is 80.1 cm³/mol. The molecule has 0 bridgehead atoms. The second-order valence-electron chi connectivity index (χ2n) is 5.32. The quantitative estimate of drug-likeness (QED) is 0.466. The van der Waals surface area contributed by atoms with Gasteiger partial charge in [-0.3, -0.25) is 0 Å². The maximum absolute atomic E-state index is 6.01. The molecule has 0 saturated heterocycles. The molecule has 1 aliphatic rings. The number of hydrogen-bond acceptors (Lipinski definition) is 2. The largest absolute Gasteiger partial charge is 0.394 e. The van der Waals surface area contributed by atoms with Gasteiger partial charge in [0.15, 0.2) is 0 Å². The fourth-order valence-corrected chi connectivity index (χ4v) is 5.76. The van der Waals surface area contributed by atoms with E-state index in [4.69, 9.17) is 8.85 Å². The van der Waals surface area contributed by atoms with Crippen LogP contribution in [0, 0.1) is 0 Å². The zero-order chi connectivity index (χ0) is 13.4. The summed E-state index contributed by atoms with van der Waals surface area (Å²) in [4.78, 5) is 0. The first kappa shape index (κ1) is 15.9. The van der Waals surface area contributed by atoms with Crippen LogP contribution < -0.4 is 0 Å². The van der Waals surface area contributed by atoms with Crippen LogP contribution in [0.15, 0.2) is 11.6 Å². The lowest BCUT2D eigenvalue weighted by molar-refractivity contribution is 0.176. The molecule has 18 heavy (non-hydrogen) atoms. The first-order valence-corrected chi connectivity index (χ1v) is 10.0. The van der Waals surface area contributed by atoms with Crippen LogP contribution in [-0.4, -0.2) is 21.8 Å². The first-order chi connectivity index (χ1) is 8.66. The molecule has 106 valence electrons. The number of unbranched alkanes of at least 4 members (excludes halogenated alkanes) is 1. The summed E-state index contributed by atoms with van der Waals surface area (Å²) in [5, 5.41) is 0. The van der Waals surface area contributed by atoms with Gasteiger partial charge in [0.05, 0.1) is 0 Å². The van der Waals surface area contributed by atoms with Gasteiger partial charge in [-0.05, 0) is 52.5 Å². The van der Waals surface area contributed by atoms with Gasteiger partial charge < -0.3 is 8.85 Å². The van der Waals surface area contributed by atoms with E-state index in [0.29, 0.717) is 5.54 Å². The van der Waals surface area contributed by atoms with Crippen LogP contribution in [0.4, 0.5) is 0 Å². The third-order valence-electron chi connectivity index (χ3n) is 3.96. The van der Waals surface area contributed by atoms with Crippen molar-refractivity contribution in [3.05, 3.63) is 11.6 Å². The second-order valence-corrected chi connectivity index (χ2v) is 8.74. The molecule has 0 amide bonds. The number of allylic oxidation sites excluding steroid dienone is 2. The summed E-state index contributed by atoms with van der Waals surface area (Å²) in [5.41, 5.74) is 2.31. The maximum atomic E-state index is 6.01. The van der Waals surface area contributed by atoms with Crippen molar-refractivity contribution in [1.82, 2.24) is 0 Å². The summed E-state index contributed by atoms with van der Waals surface area (Å²) >= 11 is 0. The standard InChI is InChI=1S/C15H30O2Si/c1-5-8-9-14-10-12-15(13-11-14)18(4,16-6-2)17-7-3/h10,15H,5-9,11-13H2,1-4H3. The van der Waals surface area contributed by atoms with Crippen LogP contribution in [-0.2, 0) is 8.85 Å². The van der Waals surface area contributed by atoms with E-state index in [-0.39, 0.29) is 0 Å². The predicted octanol–water partition coefficient (Wildman–Crippen LogP) is 4.80. The first-order valence-electron chi connectivity index (χ1n) is 7.62. The van der Waals surface area contributed by atoms with Crippen LogP contribution in [0.25, 0.3) is 0 Å². The highest BCUT2D eigenvalue weighted by Gasteiger charge is 2.40. The fraction of sp³-hybridized carbons (Fsp3) is 0.867. The van der Waals surface area contributed by atoms with E-state index >= 15 is 0 Å². The Morgan fingerprint density at radius 2 is 1.89 bits per heavy atom. The molecule has 0 fully saturated rings. The fourth-order valence-electron chi connectivity index (χ4n) is 2.85. The molecule has 0 spiro atoms. The van der Waals surface area contributed by atoms with Gasteiger partial charge in [-0.1, -0.05) is 25.0 Å². The molecule has 0 aromatic rings. The van der Waals surface area contributed by atoms with E-state index in [9.17, 15) is 0 Å². The highest BCUT2D eigenvalue weighted by atomic mass is 28.4. The van der Waals surface area contributed by atoms with Crippen LogP contribution in [0.2, 0.25) is 12.1 Å². The van der Waals surface area contributed by atoms with Crippen LogP contribution in [0.5, 0.6) is 0 Å². The summed E-state index contributed by atoms with van der Waals surface area (Å²) < 4.78 is 12.0. The van der Waals surface area contributed by atoms with E-state index in [1.54, 1.807) is 5.57 Å². The summed E-state index contributed by atoms with van der Waals surface area (Å²) in [6.45, 7) is 10.2. The third-order valence-corrected chi connectivity index (χ3v) is 7.69. The molecule has 0 aliphatic heterocycles. The molecule has 0 N–H and O–H groups in total. The molecule has 1 rings (SSSR count). The lowest BCUT2D eigenvalue weighted by Gasteiger charge is -2.35. The van der Waals surface area contributed by atoms with Crippen LogP contribution >= 0.6 is 0 Å². The van der Waals surface area contributed by atoms with Gasteiger partial charge in [-0.15, -0.1) is 0 Å². The van der Waals surface area contributed by atoms with Crippen molar-refractivity contribution in [3.8, 4) is 0 Å². The number of hydrogen-bond donors (Lipinski definition) is 0.